The van der Waals surface area contributed by atoms with E-state index < -0.39 is 11.9 Å². The zero-order chi connectivity index (χ0) is 18.5. The summed E-state index contributed by atoms with van der Waals surface area (Å²) in [5.74, 6) is 0.172. The van der Waals surface area contributed by atoms with Crippen molar-refractivity contribution in [3.8, 4) is 0 Å². The molecule has 2 aromatic heterocycles. The van der Waals surface area contributed by atoms with Crippen molar-refractivity contribution in [1.82, 2.24) is 15.2 Å². The van der Waals surface area contributed by atoms with Gasteiger partial charge in [0, 0.05) is 18.5 Å². The van der Waals surface area contributed by atoms with Crippen LogP contribution in [0.25, 0.3) is 0 Å². The molecule has 1 aliphatic heterocycles. The van der Waals surface area contributed by atoms with Crippen molar-refractivity contribution < 1.29 is 14.0 Å². The second-order valence-electron chi connectivity index (χ2n) is 6.79. The maximum absolute atomic E-state index is 12.3. The average Bonchev–Trinajstić information content (AvgIpc) is 3.27. The number of furan rings is 1. The highest BCUT2D eigenvalue weighted by molar-refractivity contribution is 7.13. The number of hydrogen-bond acceptors (Lipinski definition) is 6. The highest BCUT2D eigenvalue weighted by Crippen LogP contribution is 2.21. The van der Waals surface area contributed by atoms with Gasteiger partial charge >= 0.3 is 0 Å². The molecule has 0 aromatic carbocycles. The van der Waals surface area contributed by atoms with Gasteiger partial charge in [-0.1, -0.05) is 6.92 Å². The molecule has 8 heteroatoms. The van der Waals surface area contributed by atoms with Crippen LogP contribution in [0.15, 0.2) is 28.2 Å². The predicted octanol–water partition coefficient (Wildman–Crippen LogP) is 2.73. The number of amides is 2. The van der Waals surface area contributed by atoms with Gasteiger partial charge in [0.15, 0.2) is 10.9 Å². The Balaban J connectivity index is 1.49. The first kappa shape index (κ1) is 18.6. The number of anilines is 1. The van der Waals surface area contributed by atoms with Crippen molar-refractivity contribution >= 4 is 28.3 Å². The molecular formula is C18H24N4O3S. The molecule has 0 spiro atoms. The third-order valence-corrected chi connectivity index (χ3v) is 5.20. The van der Waals surface area contributed by atoms with Crippen molar-refractivity contribution in [3.63, 3.8) is 0 Å². The van der Waals surface area contributed by atoms with Gasteiger partial charge in [-0.15, -0.1) is 11.3 Å². The normalized spacial score (nSPS) is 19.1. The minimum absolute atomic E-state index is 0.178. The largest absolute Gasteiger partial charge is 0.459 e. The number of nitrogens with one attached hydrogen (secondary N) is 2. The second kappa shape index (κ2) is 8.46. The summed E-state index contributed by atoms with van der Waals surface area (Å²) < 4.78 is 5.02. The molecule has 1 aliphatic rings. The highest BCUT2D eigenvalue weighted by atomic mass is 32.1. The number of hydrogen-bond donors (Lipinski definition) is 2. The molecule has 2 atom stereocenters. The lowest BCUT2D eigenvalue weighted by atomic mass is 10.0. The first-order valence-corrected chi connectivity index (χ1v) is 9.71. The Morgan fingerprint density at radius 3 is 3.08 bits per heavy atom. The lowest BCUT2D eigenvalue weighted by Crippen LogP contribution is -2.41. The molecule has 1 fully saturated rings. The van der Waals surface area contributed by atoms with Crippen LogP contribution in [0.2, 0.25) is 0 Å². The van der Waals surface area contributed by atoms with Gasteiger partial charge in [-0.25, -0.2) is 4.98 Å². The molecule has 2 amide bonds. The smallest absolute Gasteiger partial charge is 0.287 e. The van der Waals surface area contributed by atoms with Crippen LogP contribution in [0, 0.1) is 5.92 Å². The van der Waals surface area contributed by atoms with Gasteiger partial charge in [0.25, 0.3) is 5.91 Å². The second-order valence-corrected chi connectivity index (χ2v) is 7.65. The van der Waals surface area contributed by atoms with E-state index in [1.54, 1.807) is 19.1 Å². The summed E-state index contributed by atoms with van der Waals surface area (Å²) in [4.78, 5) is 31.1. The van der Waals surface area contributed by atoms with Crippen LogP contribution < -0.4 is 10.6 Å². The zero-order valence-corrected chi connectivity index (χ0v) is 15.8. The third kappa shape index (κ3) is 4.92. The van der Waals surface area contributed by atoms with Crippen LogP contribution in [0.1, 0.15) is 42.9 Å². The molecule has 0 bridgehead atoms. The summed E-state index contributed by atoms with van der Waals surface area (Å²) in [5, 5.41) is 7.89. The Hall–Kier alpha value is -2.19. The van der Waals surface area contributed by atoms with Gasteiger partial charge < -0.3 is 15.1 Å². The van der Waals surface area contributed by atoms with E-state index in [1.807, 2.05) is 5.38 Å². The fourth-order valence-corrected chi connectivity index (χ4v) is 3.76. The van der Waals surface area contributed by atoms with E-state index in [1.165, 1.54) is 30.4 Å². The Morgan fingerprint density at radius 1 is 1.50 bits per heavy atom. The molecule has 1 unspecified atom stereocenters. The number of thiazole rings is 1. The lowest BCUT2D eigenvalue weighted by Gasteiger charge is -2.30. The number of likely N-dealkylation sites (tertiary alicyclic amines) is 1. The lowest BCUT2D eigenvalue weighted by molar-refractivity contribution is -0.117. The average molecular weight is 376 g/mol. The van der Waals surface area contributed by atoms with Gasteiger partial charge in [0.05, 0.1) is 12.0 Å². The maximum atomic E-state index is 12.3. The zero-order valence-electron chi connectivity index (χ0n) is 15.0. The fourth-order valence-electron chi connectivity index (χ4n) is 3.05. The number of nitrogens with zero attached hydrogens (tertiary/aromatic N) is 2. The topological polar surface area (TPSA) is 87.5 Å². The Morgan fingerprint density at radius 2 is 2.35 bits per heavy atom. The van der Waals surface area contributed by atoms with Crippen molar-refractivity contribution in [2.75, 3.05) is 18.4 Å². The van der Waals surface area contributed by atoms with E-state index in [4.69, 9.17) is 4.42 Å². The summed E-state index contributed by atoms with van der Waals surface area (Å²) in [7, 11) is 0. The van der Waals surface area contributed by atoms with Gasteiger partial charge in [0.2, 0.25) is 5.91 Å². The van der Waals surface area contributed by atoms with Gasteiger partial charge in [-0.3, -0.25) is 14.5 Å². The van der Waals surface area contributed by atoms with Crippen LogP contribution in [0.3, 0.4) is 0 Å². The summed E-state index contributed by atoms with van der Waals surface area (Å²) >= 11 is 1.40. The first-order chi connectivity index (χ1) is 12.5. The van der Waals surface area contributed by atoms with Crippen LogP contribution >= 0.6 is 11.3 Å². The molecule has 3 heterocycles. The molecule has 7 nitrogen and oxygen atoms in total. The number of carbonyl (C=O) groups is 2. The Bertz CT molecular complexity index is 743. The van der Waals surface area contributed by atoms with Crippen molar-refractivity contribution in [3.05, 3.63) is 35.2 Å². The molecule has 0 radical (unpaired) electrons. The number of rotatable bonds is 6. The van der Waals surface area contributed by atoms with Crippen molar-refractivity contribution in [2.45, 2.75) is 39.3 Å². The number of aromatic nitrogens is 1. The van der Waals surface area contributed by atoms with Crippen LogP contribution in [0.5, 0.6) is 0 Å². The molecule has 140 valence electrons. The van der Waals surface area contributed by atoms with E-state index in [0.717, 1.165) is 31.2 Å². The van der Waals surface area contributed by atoms with Gasteiger partial charge in [-0.2, -0.15) is 0 Å². The predicted molar refractivity (Wildman–Crippen MR) is 100 cm³/mol. The monoisotopic (exact) mass is 376 g/mol. The third-order valence-electron chi connectivity index (χ3n) is 4.39. The quantitative estimate of drug-likeness (QED) is 0.809. The van der Waals surface area contributed by atoms with Gasteiger partial charge in [-0.05, 0) is 44.4 Å². The Labute approximate surface area is 156 Å². The first-order valence-electron chi connectivity index (χ1n) is 8.83. The van der Waals surface area contributed by atoms with E-state index in [0.29, 0.717) is 5.13 Å². The summed E-state index contributed by atoms with van der Waals surface area (Å²) in [6, 6.07) is 2.48. The van der Waals surface area contributed by atoms with Crippen LogP contribution in [-0.2, 0) is 11.3 Å². The van der Waals surface area contributed by atoms with Crippen molar-refractivity contribution in [1.29, 1.82) is 0 Å². The van der Waals surface area contributed by atoms with Crippen LogP contribution in [0.4, 0.5) is 5.13 Å². The summed E-state index contributed by atoms with van der Waals surface area (Å²) in [5.41, 5.74) is 0.965. The van der Waals surface area contributed by atoms with Crippen LogP contribution in [-0.4, -0.2) is 40.8 Å². The number of piperidine rings is 1. The Kier molecular flexibility index (Phi) is 6.05. The van der Waals surface area contributed by atoms with E-state index >= 15 is 0 Å². The van der Waals surface area contributed by atoms with Crippen molar-refractivity contribution in [2.24, 2.45) is 5.92 Å². The molecular weight excluding hydrogens is 352 g/mol. The highest BCUT2D eigenvalue weighted by Gasteiger charge is 2.20. The maximum Gasteiger partial charge on any atom is 0.287 e. The van der Waals surface area contributed by atoms with E-state index in [9.17, 15) is 9.59 Å². The minimum Gasteiger partial charge on any atom is -0.459 e. The molecule has 2 aromatic rings. The standard InChI is InChI=1S/C18H24N4O3S/c1-12-5-3-7-22(9-12)10-14-11-26-18(20-14)21-16(23)13(2)19-17(24)15-6-4-8-25-15/h4,6,8,11-13H,3,5,7,9-10H2,1-2H3,(H,19,24)(H,20,21,23)/t12?,13-/m0/s1. The number of carbonyl (C=O) groups excluding carboxylic acids is 2. The van der Waals surface area contributed by atoms with E-state index in [2.05, 4.69) is 27.4 Å². The minimum atomic E-state index is -0.692. The van der Waals surface area contributed by atoms with E-state index in [-0.39, 0.29) is 11.7 Å². The molecule has 2 N–H and O–H groups in total. The molecule has 0 aliphatic carbocycles. The molecule has 26 heavy (non-hydrogen) atoms. The molecule has 1 saturated heterocycles. The SMILES string of the molecule is CC1CCCN(Cc2csc(NC(=O)[C@H](C)NC(=O)c3ccco3)n2)C1. The summed E-state index contributed by atoms with van der Waals surface area (Å²) in [6.45, 7) is 6.90. The summed E-state index contributed by atoms with van der Waals surface area (Å²) in [6.07, 6.45) is 3.93. The fraction of sp³-hybridized carbons (Fsp3) is 0.500. The van der Waals surface area contributed by atoms with Gasteiger partial charge in [0.1, 0.15) is 6.04 Å². The molecule has 3 rings (SSSR count). The molecule has 0 saturated carbocycles.